The number of methoxy groups -OCH3 is 1. The van der Waals surface area contributed by atoms with Crippen molar-refractivity contribution in [2.24, 2.45) is 5.92 Å². The summed E-state index contributed by atoms with van der Waals surface area (Å²) in [4.78, 5) is 0. The van der Waals surface area contributed by atoms with Crippen molar-refractivity contribution in [2.45, 2.75) is 26.1 Å². The molecule has 0 N–H and O–H groups in total. The molecular weight excluding hydrogens is 224 g/mol. The lowest BCUT2D eigenvalue weighted by Gasteiger charge is -2.12. The van der Waals surface area contributed by atoms with Gasteiger partial charge in [0.25, 0.3) is 0 Å². The molecule has 0 saturated heterocycles. The zero-order chi connectivity index (χ0) is 12.0. The lowest BCUT2D eigenvalue weighted by molar-refractivity contribution is 0.273. The summed E-state index contributed by atoms with van der Waals surface area (Å²) in [7, 11) is 1.64. The largest absolute Gasteiger partial charge is 0.493 e. The van der Waals surface area contributed by atoms with E-state index < -0.39 is 0 Å². The van der Waals surface area contributed by atoms with Gasteiger partial charge in [0.1, 0.15) is 0 Å². The molecule has 0 saturated carbocycles. The van der Waals surface area contributed by atoms with Crippen LogP contribution in [-0.4, -0.2) is 13.7 Å². The molecule has 1 rings (SSSR count). The average molecular weight is 243 g/mol. The Morgan fingerprint density at radius 2 is 2.00 bits per heavy atom. The molecule has 0 radical (unpaired) electrons. The Morgan fingerprint density at radius 1 is 1.25 bits per heavy atom. The monoisotopic (exact) mass is 242 g/mol. The van der Waals surface area contributed by atoms with Crippen LogP contribution < -0.4 is 9.47 Å². The summed E-state index contributed by atoms with van der Waals surface area (Å²) in [6.45, 7) is 5.06. The number of hydrogen-bond donors (Lipinski definition) is 0. The summed E-state index contributed by atoms with van der Waals surface area (Å²) in [6.07, 6.45) is 1.04. The van der Waals surface area contributed by atoms with Gasteiger partial charge in [-0.3, -0.25) is 0 Å². The smallest absolute Gasteiger partial charge is 0.161 e. The van der Waals surface area contributed by atoms with E-state index in [1.54, 1.807) is 7.11 Å². The van der Waals surface area contributed by atoms with E-state index in [1.807, 2.05) is 18.2 Å². The molecule has 0 spiro atoms. The van der Waals surface area contributed by atoms with Gasteiger partial charge in [-0.1, -0.05) is 19.9 Å². The van der Waals surface area contributed by atoms with Crippen LogP contribution in [0.15, 0.2) is 18.2 Å². The second-order valence-electron chi connectivity index (χ2n) is 4.15. The van der Waals surface area contributed by atoms with Gasteiger partial charge in [0, 0.05) is 5.88 Å². The first kappa shape index (κ1) is 13.2. The van der Waals surface area contributed by atoms with E-state index in [-0.39, 0.29) is 0 Å². The molecule has 90 valence electrons. The Hall–Kier alpha value is -0.890. The zero-order valence-corrected chi connectivity index (χ0v) is 10.9. The number of rotatable bonds is 6. The maximum absolute atomic E-state index is 5.78. The molecule has 3 heteroatoms. The SMILES string of the molecule is COc1ccc(CCl)cc1OCCC(C)C. The predicted molar refractivity (Wildman–Crippen MR) is 67.5 cm³/mol. The van der Waals surface area contributed by atoms with Crippen LogP contribution in [0.25, 0.3) is 0 Å². The van der Waals surface area contributed by atoms with Gasteiger partial charge >= 0.3 is 0 Å². The van der Waals surface area contributed by atoms with Crippen molar-refractivity contribution in [3.05, 3.63) is 23.8 Å². The number of hydrogen-bond acceptors (Lipinski definition) is 2. The lowest BCUT2D eigenvalue weighted by Crippen LogP contribution is -2.03. The van der Waals surface area contributed by atoms with Gasteiger partial charge < -0.3 is 9.47 Å². The summed E-state index contributed by atoms with van der Waals surface area (Å²) in [5, 5.41) is 0. The van der Waals surface area contributed by atoms with E-state index >= 15 is 0 Å². The number of halogens is 1. The normalized spacial score (nSPS) is 10.6. The van der Waals surface area contributed by atoms with Gasteiger partial charge in [0.05, 0.1) is 13.7 Å². The first-order valence-corrected chi connectivity index (χ1v) is 6.06. The molecule has 0 aromatic heterocycles. The predicted octanol–water partition coefficient (Wildman–Crippen LogP) is 3.86. The standard InChI is InChI=1S/C13H19ClO2/c1-10(2)6-7-16-13-8-11(9-14)4-5-12(13)15-3/h4-5,8,10H,6-7,9H2,1-3H3. The van der Waals surface area contributed by atoms with Crippen molar-refractivity contribution < 1.29 is 9.47 Å². The molecule has 16 heavy (non-hydrogen) atoms. The van der Waals surface area contributed by atoms with Crippen LogP contribution in [0, 0.1) is 5.92 Å². The topological polar surface area (TPSA) is 18.5 Å². The highest BCUT2D eigenvalue weighted by Crippen LogP contribution is 2.28. The van der Waals surface area contributed by atoms with Crippen molar-refractivity contribution in [2.75, 3.05) is 13.7 Å². The lowest BCUT2D eigenvalue weighted by atomic mass is 10.1. The Labute approximate surface area is 103 Å². The first-order valence-electron chi connectivity index (χ1n) is 5.53. The minimum atomic E-state index is 0.491. The molecule has 0 unspecified atom stereocenters. The second-order valence-corrected chi connectivity index (χ2v) is 4.42. The summed E-state index contributed by atoms with van der Waals surface area (Å²) < 4.78 is 10.9. The molecule has 1 aromatic rings. The number of alkyl halides is 1. The van der Waals surface area contributed by atoms with Crippen molar-refractivity contribution >= 4 is 11.6 Å². The van der Waals surface area contributed by atoms with Crippen molar-refractivity contribution in [3.8, 4) is 11.5 Å². The summed E-state index contributed by atoms with van der Waals surface area (Å²) in [5.74, 6) is 2.67. The summed E-state index contributed by atoms with van der Waals surface area (Å²) >= 11 is 5.78. The molecule has 0 heterocycles. The Bertz CT molecular complexity index is 324. The van der Waals surface area contributed by atoms with E-state index in [0.717, 1.165) is 23.5 Å². The van der Waals surface area contributed by atoms with E-state index in [0.29, 0.717) is 18.4 Å². The van der Waals surface area contributed by atoms with Crippen molar-refractivity contribution in [1.29, 1.82) is 0 Å². The molecule has 0 fully saturated rings. The fraction of sp³-hybridized carbons (Fsp3) is 0.538. The molecule has 1 aromatic carbocycles. The fourth-order valence-corrected chi connectivity index (χ4v) is 1.49. The van der Waals surface area contributed by atoms with E-state index in [4.69, 9.17) is 21.1 Å². The van der Waals surface area contributed by atoms with Crippen molar-refractivity contribution in [3.63, 3.8) is 0 Å². The third-order valence-electron chi connectivity index (χ3n) is 2.34. The van der Waals surface area contributed by atoms with Gasteiger partial charge in [-0.2, -0.15) is 0 Å². The third kappa shape index (κ3) is 3.93. The summed E-state index contributed by atoms with van der Waals surface area (Å²) in [5.41, 5.74) is 1.04. The van der Waals surface area contributed by atoms with Crippen LogP contribution >= 0.6 is 11.6 Å². The van der Waals surface area contributed by atoms with Crippen LogP contribution in [0.2, 0.25) is 0 Å². The molecule has 2 nitrogen and oxygen atoms in total. The average Bonchev–Trinajstić information content (AvgIpc) is 2.28. The molecule has 0 amide bonds. The Kier molecular flexibility index (Phi) is 5.47. The molecule has 0 atom stereocenters. The number of ether oxygens (including phenoxy) is 2. The van der Waals surface area contributed by atoms with E-state index in [2.05, 4.69) is 13.8 Å². The fourth-order valence-electron chi connectivity index (χ4n) is 1.32. The van der Waals surface area contributed by atoms with E-state index in [9.17, 15) is 0 Å². The third-order valence-corrected chi connectivity index (χ3v) is 2.64. The molecule has 0 aliphatic heterocycles. The van der Waals surface area contributed by atoms with Gasteiger partial charge in [-0.15, -0.1) is 11.6 Å². The van der Waals surface area contributed by atoms with Gasteiger partial charge in [-0.25, -0.2) is 0 Å². The molecule has 0 aliphatic rings. The van der Waals surface area contributed by atoms with Crippen LogP contribution in [0.3, 0.4) is 0 Å². The van der Waals surface area contributed by atoms with E-state index in [1.165, 1.54) is 0 Å². The van der Waals surface area contributed by atoms with Crippen LogP contribution in [-0.2, 0) is 5.88 Å². The highest BCUT2D eigenvalue weighted by atomic mass is 35.5. The Morgan fingerprint density at radius 3 is 2.56 bits per heavy atom. The zero-order valence-electron chi connectivity index (χ0n) is 10.1. The van der Waals surface area contributed by atoms with Crippen LogP contribution in [0.1, 0.15) is 25.8 Å². The maximum atomic E-state index is 5.78. The molecular formula is C13H19ClO2. The first-order chi connectivity index (χ1) is 7.67. The van der Waals surface area contributed by atoms with Crippen LogP contribution in [0.4, 0.5) is 0 Å². The van der Waals surface area contributed by atoms with Crippen molar-refractivity contribution in [1.82, 2.24) is 0 Å². The number of benzene rings is 1. The van der Waals surface area contributed by atoms with Crippen LogP contribution in [0.5, 0.6) is 11.5 Å². The summed E-state index contributed by atoms with van der Waals surface area (Å²) in [6, 6.07) is 5.77. The van der Waals surface area contributed by atoms with Gasteiger partial charge in [-0.05, 0) is 30.0 Å². The molecule has 0 aliphatic carbocycles. The highest BCUT2D eigenvalue weighted by molar-refractivity contribution is 6.17. The highest BCUT2D eigenvalue weighted by Gasteiger charge is 2.05. The maximum Gasteiger partial charge on any atom is 0.161 e. The molecule has 0 bridgehead atoms. The van der Waals surface area contributed by atoms with Gasteiger partial charge in [0.15, 0.2) is 11.5 Å². The van der Waals surface area contributed by atoms with Gasteiger partial charge in [0.2, 0.25) is 0 Å². The Balaban J connectivity index is 2.67. The minimum absolute atomic E-state index is 0.491. The quantitative estimate of drug-likeness (QED) is 0.706. The minimum Gasteiger partial charge on any atom is -0.493 e. The second kappa shape index (κ2) is 6.64.